The summed E-state index contributed by atoms with van der Waals surface area (Å²) in [5.41, 5.74) is 6.88. The highest BCUT2D eigenvalue weighted by atomic mass is 32.2. The minimum absolute atomic E-state index is 0.0191. The van der Waals surface area contributed by atoms with Crippen molar-refractivity contribution in [1.82, 2.24) is 14.7 Å². The van der Waals surface area contributed by atoms with Crippen molar-refractivity contribution in [3.63, 3.8) is 0 Å². The number of aromatic nitrogens is 2. The van der Waals surface area contributed by atoms with Crippen molar-refractivity contribution in [2.24, 2.45) is 0 Å². The van der Waals surface area contributed by atoms with Crippen LogP contribution in [0.3, 0.4) is 0 Å². The normalized spacial score (nSPS) is 20.1. The molecule has 0 saturated carbocycles. The Morgan fingerprint density at radius 2 is 2.39 bits per heavy atom. The van der Waals surface area contributed by atoms with Gasteiger partial charge in [-0.05, 0) is 13.3 Å². The summed E-state index contributed by atoms with van der Waals surface area (Å²) in [7, 11) is 0. The van der Waals surface area contributed by atoms with Crippen molar-refractivity contribution in [3.05, 3.63) is 11.9 Å². The van der Waals surface area contributed by atoms with Crippen molar-refractivity contribution in [1.29, 1.82) is 0 Å². The number of nitrogen functional groups attached to an aromatic ring is 1. The number of aryl methyl sites for hydroxylation is 1. The summed E-state index contributed by atoms with van der Waals surface area (Å²) >= 11 is 1.95. The van der Waals surface area contributed by atoms with Crippen LogP contribution < -0.4 is 5.73 Å². The highest BCUT2D eigenvalue weighted by Crippen LogP contribution is 2.23. The summed E-state index contributed by atoms with van der Waals surface area (Å²) in [5, 5.41) is 4.67. The third-order valence-corrected chi connectivity index (χ3v) is 4.62. The molecule has 1 atom stereocenters. The van der Waals surface area contributed by atoms with Crippen LogP contribution in [0.25, 0.3) is 0 Å². The Balaban J connectivity index is 2.17. The van der Waals surface area contributed by atoms with Crippen molar-refractivity contribution >= 4 is 23.4 Å². The smallest absolute Gasteiger partial charge is 0.274 e. The van der Waals surface area contributed by atoms with E-state index in [1.807, 2.05) is 23.6 Å². The molecule has 18 heavy (non-hydrogen) atoms. The fraction of sp³-hybridized carbons (Fsp3) is 0.667. The molecule has 1 aromatic heterocycles. The first-order valence-corrected chi connectivity index (χ1v) is 7.44. The molecule has 5 nitrogen and oxygen atoms in total. The first kappa shape index (κ1) is 13.3. The molecule has 2 rings (SSSR count). The number of nitrogens with two attached hydrogens (primary N) is 1. The Labute approximate surface area is 112 Å². The van der Waals surface area contributed by atoms with Gasteiger partial charge in [-0.2, -0.15) is 16.9 Å². The highest BCUT2D eigenvalue weighted by molar-refractivity contribution is 8.00. The van der Waals surface area contributed by atoms with Crippen LogP contribution in [0.4, 0.5) is 5.69 Å². The predicted octanol–water partition coefficient (Wildman–Crippen LogP) is 1.45. The molecule has 100 valence electrons. The molecule has 0 spiro atoms. The Bertz CT molecular complexity index is 432. The maximum Gasteiger partial charge on any atom is 0.274 e. The van der Waals surface area contributed by atoms with Gasteiger partial charge in [-0.25, -0.2) is 0 Å². The van der Waals surface area contributed by atoms with Crippen LogP contribution in [-0.2, 0) is 6.54 Å². The van der Waals surface area contributed by atoms with Crippen LogP contribution in [0.1, 0.15) is 30.8 Å². The van der Waals surface area contributed by atoms with Gasteiger partial charge in [0.05, 0.1) is 11.9 Å². The first-order valence-electron chi connectivity index (χ1n) is 6.39. The van der Waals surface area contributed by atoms with E-state index in [-0.39, 0.29) is 5.91 Å². The molecule has 2 N–H and O–H groups in total. The zero-order valence-corrected chi connectivity index (χ0v) is 11.7. The zero-order chi connectivity index (χ0) is 13.1. The largest absolute Gasteiger partial charge is 0.396 e. The fourth-order valence-electron chi connectivity index (χ4n) is 2.17. The molecule has 0 aliphatic carbocycles. The van der Waals surface area contributed by atoms with E-state index in [2.05, 4.69) is 12.0 Å². The molecule has 1 saturated heterocycles. The van der Waals surface area contributed by atoms with Crippen molar-refractivity contribution in [2.45, 2.75) is 32.1 Å². The van der Waals surface area contributed by atoms with E-state index >= 15 is 0 Å². The van der Waals surface area contributed by atoms with E-state index < -0.39 is 0 Å². The minimum atomic E-state index is 0.0191. The van der Waals surface area contributed by atoms with Gasteiger partial charge < -0.3 is 10.6 Å². The number of hydrogen-bond acceptors (Lipinski definition) is 4. The second-order valence-electron chi connectivity index (χ2n) is 4.42. The third-order valence-electron chi connectivity index (χ3n) is 3.25. The molecule has 1 aliphatic heterocycles. The van der Waals surface area contributed by atoms with Crippen LogP contribution in [0.5, 0.6) is 0 Å². The lowest BCUT2D eigenvalue weighted by Crippen LogP contribution is -2.42. The summed E-state index contributed by atoms with van der Waals surface area (Å²) < 4.78 is 1.68. The number of carbonyl (C=O) groups is 1. The Hall–Kier alpha value is -1.17. The number of anilines is 1. The van der Waals surface area contributed by atoms with E-state index in [9.17, 15) is 4.79 Å². The van der Waals surface area contributed by atoms with Gasteiger partial charge in [0.15, 0.2) is 0 Å². The zero-order valence-electron chi connectivity index (χ0n) is 10.9. The van der Waals surface area contributed by atoms with Crippen LogP contribution in [0.2, 0.25) is 0 Å². The summed E-state index contributed by atoms with van der Waals surface area (Å²) in [5.74, 6) is 1.02. The first-order chi connectivity index (χ1) is 8.67. The predicted molar refractivity (Wildman–Crippen MR) is 74.8 cm³/mol. The molecule has 2 heterocycles. The lowest BCUT2D eigenvalue weighted by molar-refractivity contribution is 0.0749. The maximum atomic E-state index is 12.5. The van der Waals surface area contributed by atoms with Gasteiger partial charge in [0.1, 0.15) is 5.69 Å². The van der Waals surface area contributed by atoms with E-state index in [1.54, 1.807) is 10.9 Å². The second-order valence-corrected chi connectivity index (χ2v) is 5.82. The van der Waals surface area contributed by atoms with Gasteiger partial charge in [-0.15, -0.1) is 0 Å². The lowest BCUT2D eigenvalue weighted by atomic mass is 10.2. The number of thioether (sulfide) groups is 1. The molecule has 1 fully saturated rings. The number of carbonyl (C=O) groups excluding carboxylic acids is 1. The maximum absolute atomic E-state index is 12.5. The summed E-state index contributed by atoms with van der Waals surface area (Å²) in [6.07, 6.45) is 2.66. The van der Waals surface area contributed by atoms with Gasteiger partial charge in [0, 0.05) is 30.6 Å². The Morgan fingerprint density at radius 1 is 1.61 bits per heavy atom. The molecule has 1 amide bonds. The molecule has 1 unspecified atom stereocenters. The molecule has 1 aliphatic rings. The van der Waals surface area contributed by atoms with Crippen molar-refractivity contribution in [2.75, 3.05) is 24.6 Å². The van der Waals surface area contributed by atoms with Crippen LogP contribution in [-0.4, -0.2) is 44.7 Å². The average Bonchev–Trinajstić information content (AvgIpc) is 2.79. The Kier molecular flexibility index (Phi) is 4.16. The minimum Gasteiger partial charge on any atom is -0.396 e. The number of nitrogens with zero attached hydrogens (tertiary/aromatic N) is 3. The van der Waals surface area contributed by atoms with Crippen LogP contribution in [0, 0.1) is 0 Å². The monoisotopic (exact) mass is 268 g/mol. The molecule has 6 heteroatoms. The third kappa shape index (κ3) is 2.48. The molecule has 1 aromatic rings. The van der Waals surface area contributed by atoms with E-state index in [1.165, 1.54) is 0 Å². The summed E-state index contributed by atoms with van der Waals surface area (Å²) in [6, 6.07) is 0. The second kappa shape index (κ2) is 5.65. The number of rotatable bonds is 3. The van der Waals surface area contributed by atoms with Gasteiger partial charge in [-0.1, -0.05) is 6.92 Å². The van der Waals surface area contributed by atoms with Crippen LogP contribution in [0.15, 0.2) is 6.20 Å². The van der Waals surface area contributed by atoms with Gasteiger partial charge >= 0.3 is 0 Å². The van der Waals surface area contributed by atoms with Crippen molar-refractivity contribution < 1.29 is 4.79 Å². The SMILES string of the molecule is CCC1CN(C(=O)c2c(N)cnn2CC)CCS1. The molecule has 0 radical (unpaired) electrons. The quantitative estimate of drug-likeness (QED) is 0.901. The standard InChI is InChI=1S/C12H20N4OS/c1-3-9-8-15(5-6-18-9)12(17)11-10(13)7-14-16(11)4-2/h7,9H,3-6,8,13H2,1-2H3. The molecular formula is C12H20N4OS. The fourth-order valence-corrected chi connectivity index (χ4v) is 3.35. The van der Waals surface area contributed by atoms with Gasteiger partial charge in [0.25, 0.3) is 5.91 Å². The van der Waals surface area contributed by atoms with Gasteiger partial charge in [-0.3, -0.25) is 9.48 Å². The van der Waals surface area contributed by atoms with Crippen molar-refractivity contribution in [3.8, 4) is 0 Å². The van der Waals surface area contributed by atoms with Crippen LogP contribution >= 0.6 is 11.8 Å². The number of hydrogen-bond donors (Lipinski definition) is 1. The molecule has 0 bridgehead atoms. The van der Waals surface area contributed by atoms with E-state index in [0.29, 0.717) is 23.2 Å². The van der Waals surface area contributed by atoms with E-state index in [0.717, 1.165) is 25.3 Å². The lowest BCUT2D eigenvalue weighted by Gasteiger charge is -2.32. The molecular weight excluding hydrogens is 248 g/mol. The summed E-state index contributed by atoms with van der Waals surface area (Å²) in [4.78, 5) is 14.4. The summed E-state index contributed by atoms with van der Waals surface area (Å²) in [6.45, 7) is 6.40. The molecule has 0 aromatic carbocycles. The highest BCUT2D eigenvalue weighted by Gasteiger charge is 2.27. The average molecular weight is 268 g/mol. The Morgan fingerprint density at radius 3 is 3.06 bits per heavy atom. The van der Waals surface area contributed by atoms with E-state index in [4.69, 9.17) is 5.73 Å². The topological polar surface area (TPSA) is 64.2 Å². The van der Waals surface area contributed by atoms with Gasteiger partial charge in [0.2, 0.25) is 0 Å². The number of amides is 1.